The minimum atomic E-state index is -0.413. The molecule has 0 spiro atoms. The lowest BCUT2D eigenvalue weighted by Gasteiger charge is -2.48. The van der Waals surface area contributed by atoms with Crippen LogP contribution in [0.1, 0.15) is 138 Å². The second kappa shape index (κ2) is 19.7. The quantitative estimate of drug-likeness (QED) is 0.170. The van der Waals surface area contributed by atoms with Crippen LogP contribution in [0.15, 0.2) is 0 Å². The fourth-order valence-corrected chi connectivity index (χ4v) is 8.10. The Morgan fingerprint density at radius 3 is 1.98 bits per heavy atom. The molecule has 0 saturated heterocycles. The van der Waals surface area contributed by atoms with Gasteiger partial charge in [0.2, 0.25) is 0 Å². The van der Waals surface area contributed by atoms with E-state index in [9.17, 15) is 19.2 Å². The fourth-order valence-electron chi connectivity index (χ4n) is 8.10. The molecule has 272 valence electrons. The number of hydrogen-bond donors (Lipinski definition) is 2. The Bertz CT molecular complexity index is 1000. The molecule has 2 saturated carbocycles. The maximum atomic E-state index is 13.2. The van der Waals surface area contributed by atoms with E-state index >= 15 is 0 Å². The first-order valence-corrected chi connectivity index (χ1v) is 18.3. The SMILES string of the molecule is CCCC(=O)O[C@@H]1CCC[C@H](OC(=O)CCN)CCC(C)(C)[C@H](C)C[C@H](OC(=O)CCN)[C@@]2(C)[C@@H](CC[C@@H]2[C@H](C)CCC(=O)OC)C1. The number of carbonyl (C=O) groups excluding carboxylic acids is 4. The van der Waals surface area contributed by atoms with Gasteiger partial charge in [-0.25, -0.2) is 0 Å². The van der Waals surface area contributed by atoms with Gasteiger partial charge in [0.1, 0.15) is 18.3 Å². The first-order valence-electron chi connectivity index (χ1n) is 18.3. The van der Waals surface area contributed by atoms with Crippen molar-refractivity contribution in [2.75, 3.05) is 20.2 Å². The van der Waals surface area contributed by atoms with Crippen LogP contribution in [0.4, 0.5) is 0 Å². The third-order valence-corrected chi connectivity index (χ3v) is 11.5. The summed E-state index contributed by atoms with van der Waals surface area (Å²) >= 11 is 0. The standard InChI is InChI=1S/C37H66N2O8/c1-8-10-33(41)46-29-12-9-11-28(45-34(42)18-21-38)17-20-36(4,5)26(3)23-31(47-35(43)19-22-39)37(6)27(24-29)14-15-30(37)25(2)13-16-32(40)44-7/h25-31H,8-24,38-39H2,1-7H3/t25-,26-,27+,28+,29-,30-,31+,37+/m1/s1. The Labute approximate surface area is 284 Å². The lowest BCUT2D eigenvalue weighted by atomic mass is 9.61. The van der Waals surface area contributed by atoms with Gasteiger partial charge in [-0.15, -0.1) is 0 Å². The summed E-state index contributed by atoms with van der Waals surface area (Å²) in [5.74, 6) is -0.331. The van der Waals surface area contributed by atoms with Crippen molar-refractivity contribution in [3.63, 3.8) is 0 Å². The zero-order valence-electron chi connectivity index (χ0n) is 30.5. The molecule has 10 nitrogen and oxygen atoms in total. The van der Waals surface area contributed by atoms with Crippen LogP contribution in [0.5, 0.6) is 0 Å². The van der Waals surface area contributed by atoms with Gasteiger partial charge in [-0.05, 0) is 99.7 Å². The predicted molar refractivity (Wildman–Crippen MR) is 182 cm³/mol. The molecule has 0 heterocycles. The van der Waals surface area contributed by atoms with E-state index in [4.69, 9.17) is 30.4 Å². The molecular formula is C37H66N2O8. The van der Waals surface area contributed by atoms with Gasteiger partial charge in [-0.3, -0.25) is 19.2 Å². The lowest BCUT2D eigenvalue weighted by Crippen LogP contribution is -2.48. The normalized spacial score (nSPS) is 30.7. The molecule has 0 aromatic carbocycles. The van der Waals surface area contributed by atoms with Crippen LogP contribution in [0.25, 0.3) is 0 Å². The molecule has 0 unspecified atom stereocenters. The monoisotopic (exact) mass is 666 g/mol. The van der Waals surface area contributed by atoms with Crippen molar-refractivity contribution in [2.45, 2.75) is 156 Å². The van der Waals surface area contributed by atoms with Gasteiger partial charge in [-0.2, -0.15) is 0 Å². The summed E-state index contributed by atoms with van der Waals surface area (Å²) in [5.41, 5.74) is 10.9. The highest BCUT2D eigenvalue weighted by molar-refractivity contribution is 5.70. The van der Waals surface area contributed by atoms with Crippen molar-refractivity contribution in [3.05, 3.63) is 0 Å². The molecule has 0 aliphatic heterocycles. The summed E-state index contributed by atoms with van der Waals surface area (Å²) in [6.45, 7) is 13.6. The highest BCUT2D eigenvalue weighted by atomic mass is 16.6. The number of carbonyl (C=O) groups is 4. The van der Waals surface area contributed by atoms with E-state index in [1.54, 1.807) is 0 Å². The van der Waals surface area contributed by atoms with Gasteiger partial charge in [0.05, 0.1) is 20.0 Å². The zero-order valence-corrected chi connectivity index (χ0v) is 30.5. The summed E-state index contributed by atoms with van der Waals surface area (Å²) < 4.78 is 23.5. The van der Waals surface area contributed by atoms with Crippen molar-refractivity contribution in [1.82, 2.24) is 0 Å². The minimum absolute atomic E-state index is 0.125. The van der Waals surface area contributed by atoms with E-state index in [2.05, 4.69) is 34.6 Å². The van der Waals surface area contributed by atoms with Crippen LogP contribution in [-0.4, -0.2) is 62.4 Å². The molecule has 47 heavy (non-hydrogen) atoms. The van der Waals surface area contributed by atoms with Crippen molar-refractivity contribution >= 4 is 23.9 Å². The predicted octanol–water partition coefficient (Wildman–Crippen LogP) is 6.25. The first-order chi connectivity index (χ1) is 22.2. The van der Waals surface area contributed by atoms with Crippen molar-refractivity contribution < 1.29 is 38.1 Å². The first kappa shape index (κ1) is 41.0. The topological polar surface area (TPSA) is 157 Å². The molecule has 0 bridgehead atoms. The molecule has 2 rings (SSSR count). The largest absolute Gasteiger partial charge is 0.469 e. The molecule has 0 amide bonds. The summed E-state index contributed by atoms with van der Waals surface area (Å²) in [6.07, 6.45) is 8.27. The van der Waals surface area contributed by atoms with E-state index < -0.39 is 5.41 Å². The fraction of sp³-hybridized carbons (Fsp3) is 0.892. The number of nitrogens with two attached hydrogens (primary N) is 2. The van der Waals surface area contributed by atoms with Crippen LogP contribution in [0, 0.1) is 34.5 Å². The van der Waals surface area contributed by atoms with Crippen molar-refractivity contribution in [3.8, 4) is 0 Å². The van der Waals surface area contributed by atoms with Crippen LogP contribution in [0.3, 0.4) is 0 Å². The number of hydrogen-bond acceptors (Lipinski definition) is 10. The lowest BCUT2D eigenvalue weighted by molar-refractivity contribution is -0.166. The minimum Gasteiger partial charge on any atom is -0.469 e. The second-order valence-corrected chi connectivity index (χ2v) is 15.2. The molecule has 2 fully saturated rings. The molecular weight excluding hydrogens is 600 g/mol. The number of rotatable bonds is 13. The summed E-state index contributed by atoms with van der Waals surface area (Å²) in [6, 6.07) is 0. The van der Waals surface area contributed by atoms with Gasteiger partial charge in [0, 0.05) is 31.3 Å². The van der Waals surface area contributed by atoms with Gasteiger partial charge in [0.25, 0.3) is 0 Å². The van der Waals surface area contributed by atoms with Gasteiger partial charge >= 0.3 is 23.9 Å². The highest BCUT2D eigenvalue weighted by Gasteiger charge is 2.55. The molecule has 2 aliphatic rings. The van der Waals surface area contributed by atoms with E-state index in [1.165, 1.54) is 7.11 Å². The Balaban J connectivity index is 2.58. The van der Waals surface area contributed by atoms with Crippen molar-refractivity contribution in [1.29, 1.82) is 0 Å². The Morgan fingerprint density at radius 2 is 1.36 bits per heavy atom. The average molecular weight is 667 g/mol. The number of fused-ring (bicyclic) bond motifs is 1. The third-order valence-electron chi connectivity index (χ3n) is 11.5. The summed E-state index contributed by atoms with van der Waals surface area (Å²) in [4.78, 5) is 50.7. The van der Waals surface area contributed by atoms with Gasteiger partial charge in [-0.1, -0.05) is 41.5 Å². The Morgan fingerprint density at radius 1 is 0.766 bits per heavy atom. The zero-order chi connectivity index (χ0) is 35.2. The molecule has 10 heteroatoms. The van der Waals surface area contributed by atoms with Gasteiger partial charge in [0.15, 0.2) is 0 Å². The average Bonchev–Trinajstić information content (AvgIpc) is 3.34. The van der Waals surface area contributed by atoms with E-state index in [-0.39, 0.29) is 97.2 Å². The maximum Gasteiger partial charge on any atom is 0.307 e. The molecule has 4 N–H and O–H groups in total. The molecule has 0 aromatic heterocycles. The summed E-state index contributed by atoms with van der Waals surface area (Å²) in [7, 11) is 1.42. The second-order valence-electron chi connectivity index (χ2n) is 15.2. The van der Waals surface area contributed by atoms with Crippen LogP contribution >= 0.6 is 0 Å². The molecule has 8 atom stereocenters. The van der Waals surface area contributed by atoms with Crippen LogP contribution < -0.4 is 11.5 Å². The molecule has 0 aromatic rings. The van der Waals surface area contributed by atoms with Crippen LogP contribution in [0.2, 0.25) is 0 Å². The third kappa shape index (κ3) is 12.3. The smallest absolute Gasteiger partial charge is 0.307 e. The number of ether oxygens (including phenoxy) is 4. The van der Waals surface area contributed by atoms with Crippen molar-refractivity contribution in [2.24, 2.45) is 46.0 Å². The maximum absolute atomic E-state index is 13.2. The Kier molecular flexibility index (Phi) is 17.2. The van der Waals surface area contributed by atoms with E-state index in [0.29, 0.717) is 57.8 Å². The Hall–Kier alpha value is -2.20. The number of methoxy groups -OCH3 is 1. The highest BCUT2D eigenvalue weighted by Crippen LogP contribution is 2.58. The number of esters is 4. The van der Waals surface area contributed by atoms with E-state index in [1.807, 2.05) is 6.92 Å². The van der Waals surface area contributed by atoms with Gasteiger partial charge < -0.3 is 30.4 Å². The molecule has 0 radical (unpaired) electrons. The molecule has 2 aliphatic carbocycles. The summed E-state index contributed by atoms with van der Waals surface area (Å²) in [5, 5.41) is 0. The van der Waals surface area contributed by atoms with E-state index in [0.717, 1.165) is 25.7 Å². The van der Waals surface area contributed by atoms with Crippen LogP contribution in [-0.2, 0) is 38.1 Å².